The molecule has 0 bridgehead atoms. The number of ether oxygens (including phenoxy) is 1. The van der Waals surface area contributed by atoms with Crippen molar-refractivity contribution in [3.05, 3.63) is 35.8 Å². The van der Waals surface area contributed by atoms with E-state index in [4.69, 9.17) is 10.5 Å². The van der Waals surface area contributed by atoms with Crippen LogP contribution in [-0.4, -0.2) is 58.7 Å². The van der Waals surface area contributed by atoms with Crippen molar-refractivity contribution in [2.75, 3.05) is 32.5 Å². The summed E-state index contributed by atoms with van der Waals surface area (Å²) in [6.45, 7) is 2.84. The van der Waals surface area contributed by atoms with Gasteiger partial charge in [0.25, 0.3) is 0 Å². The predicted octanol–water partition coefficient (Wildman–Crippen LogP) is 5.64. The van der Waals surface area contributed by atoms with Crippen molar-refractivity contribution in [2.45, 2.75) is 69.1 Å². The van der Waals surface area contributed by atoms with Crippen LogP contribution < -0.4 is 10.5 Å². The van der Waals surface area contributed by atoms with Gasteiger partial charge in [-0.25, -0.2) is 4.39 Å². The molecule has 0 radical (unpaired) electrons. The monoisotopic (exact) mass is 517 g/mol. The van der Waals surface area contributed by atoms with Gasteiger partial charge < -0.3 is 20.5 Å². The lowest BCUT2D eigenvalue weighted by molar-refractivity contribution is -0.139. The van der Waals surface area contributed by atoms with Crippen LogP contribution in [0.3, 0.4) is 0 Å². The molecule has 1 aliphatic heterocycles. The van der Waals surface area contributed by atoms with Crippen molar-refractivity contribution in [2.24, 2.45) is 17.6 Å². The maximum Gasteiger partial charge on any atom is 0.303 e. The molecule has 3 N–H and O–H groups in total. The van der Waals surface area contributed by atoms with Crippen molar-refractivity contribution < 1.29 is 19.0 Å². The van der Waals surface area contributed by atoms with Crippen LogP contribution >= 0.6 is 11.8 Å². The number of piperidine rings is 1. The molecule has 0 amide bonds. The van der Waals surface area contributed by atoms with Gasteiger partial charge in [-0.2, -0.15) is 11.8 Å². The Morgan fingerprint density at radius 1 is 1.28 bits per heavy atom. The zero-order valence-corrected chi connectivity index (χ0v) is 22.1. The van der Waals surface area contributed by atoms with Crippen LogP contribution in [0, 0.1) is 17.7 Å². The molecule has 1 aromatic heterocycles. The number of aromatic nitrogens is 1. The molecule has 36 heavy (non-hydrogen) atoms. The van der Waals surface area contributed by atoms with Crippen LogP contribution in [0.5, 0.6) is 5.75 Å². The summed E-state index contributed by atoms with van der Waals surface area (Å²) in [4.78, 5) is 18.3. The molecule has 2 unspecified atom stereocenters. The second-order valence-corrected chi connectivity index (χ2v) is 11.8. The fourth-order valence-corrected chi connectivity index (χ4v) is 7.35. The molecule has 0 spiro atoms. The summed E-state index contributed by atoms with van der Waals surface area (Å²) in [5.74, 6) is 0.987. The highest BCUT2D eigenvalue weighted by molar-refractivity contribution is 7.99. The minimum absolute atomic E-state index is 0.0993. The third-order valence-electron chi connectivity index (χ3n) is 8.01. The van der Waals surface area contributed by atoms with E-state index in [9.17, 15) is 14.3 Å². The second-order valence-electron chi connectivity index (χ2n) is 10.4. The lowest BCUT2D eigenvalue weighted by atomic mass is 9.79. The number of thioether (sulfide) groups is 1. The summed E-state index contributed by atoms with van der Waals surface area (Å²) >= 11 is 2.10. The molecular weight excluding hydrogens is 477 g/mol. The first-order valence-corrected chi connectivity index (χ1v) is 14.4. The standard InChI is InChI=1S/C28H40FN3O3S/c1-35-21-8-10-26-23(16-21)28(24(29)17-31-26)25(30)9-7-19-11-12-32(18-20(19)15-27(33)34)13-14-36-22-5-3-2-4-6-22/h8,10,16-17,19-20,22,25H,2-7,9,11-15,18,30H2,1H3,(H,33,34)/t19?,20?,25-/m1/s1. The lowest BCUT2D eigenvalue weighted by Gasteiger charge is -2.38. The van der Waals surface area contributed by atoms with Crippen LogP contribution in [0.4, 0.5) is 4.39 Å². The van der Waals surface area contributed by atoms with Crippen LogP contribution in [-0.2, 0) is 4.79 Å². The van der Waals surface area contributed by atoms with Crippen molar-refractivity contribution in [3.63, 3.8) is 0 Å². The van der Waals surface area contributed by atoms with Gasteiger partial charge >= 0.3 is 5.97 Å². The molecule has 8 heteroatoms. The average molecular weight is 518 g/mol. The molecule has 2 heterocycles. The molecule has 4 rings (SSSR count). The lowest BCUT2D eigenvalue weighted by Crippen LogP contribution is -2.42. The van der Waals surface area contributed by atoms with E-state index in [1.807, 2.05) is 6.07 Å². The minimum atomic E-state index is -0.744. The Labute approximate surface area is 218 Å². The number of halogens is 1. The van der Waals surface area contributed by atoms with E-state index in [2.05, 4.69) is 21.6 Å². The number of nitrogens with zero attached hydrogens (tertiary/aromatic N) is 2. The number of nitrogens with two attached hydrogens (primary N) is 1. The molecule has 1 aliphatic carbocycles. The van der Waals surface area contributed by atoms with Crippen LogP contribution in [0.25, 0.3) is 10.9 Å². The smallest absolute Gasteiger partial charge is 0.303 e. The maximum atomic E-state index is 14.9. The molecule has 198 valence electrons. The number of benzene rings is 1. The number of carboxylic acid groups (broad SMARTS) is 1. The quantitative estimate of drug-likeness (QED) is 0.399. The number of rotatable bonds is 11. The maximum absolute atomic E-state index is 14.9. The Bertz CT molecular complexity index is 1020. The number of carboxylic acids is 1. The van der Waals surface area contributed by atoms with E-state index >= 15 is 0 Å². The van der Waals surface area contributed by atoms with Gasteiger partial charge in [0.15, 0.2) is 0 Å². The highest BCUT2D eigenvalue weighted by Gasteiger charge is 2.31. The predicted molar refractivity (Wildman–Crippen MR) is 144 cm³/mol. The number of likely N-dealkylation sites (tertiary alicyclic amines) is 1. The number of fused-ring (bicyclic) bond motifs is 1. The molecule has 2 aliphatic rings. The molecule has 1 aromatic carbocycles. The number of hydrogen-bond donors (Lipinski definition) is 2. The normalized spacial score (nSPS) is 22.5. The van der Waals surface area contributed by atoms with Gasteiger partial charge in [0.05, 0.1) is 18.8 Å². The van der Waals surface area contributed by atoms with E-state index in [1.165, 1.54) is 38.3 Å². The largest absolute Gasteiger partial charge is 0.497 e. The van der Waals surface area contributed by atoms with Gasteiger partial charge in [-0.1, -0.05) is 19.3 Å². The van der Waals surface area contributed by atoms with Gasteiger partial charge in [-0.15, -0.1) is 0 Å². The summed E-state index contributed by atoms with van der Waals surface area (Å²) in [7, 11) is 1.58. The van der Waals surface area contributed by atoms with Gasteiger partial charge in [0.2, 0.25) is 0 Å². The number of pyridine rings is 1. The fraction of sp³-hybridized carbons (Fsp3) is 0.643. The van der Waals surface area contributed by atoms with E-state index in [-0.39, 0.29) is 18.3 Å². The number of carbonyl (C=O) groups is 1. The first-order valence-electron chi connectivity index (χ1n) is 13.4. The summed E-state index contributed by atoms with van der Waals surface area (Å²) < 4.78 is 20.2. The van der Waals surface area contributed by atoms with E-state index in [1.54, 1.807) is 19.2 Å². The zero-order chi connectivity index (χ0) is 25.5. The number of methoxy groups -OCH3 is 1. The van der Waals surface area contributed by atoms with Gasteiger partial charge in [0.1, 0.15) is 11.6 Å². The molecule has 2 fully saturated rings. The molecule has 2 aromatic rings. The first-order chi connectivity index (χ1) is 17.4. The topological polar surface area (TPSA) is 88.7 Å². The molecule has 6 nitrogen and oxygen atoms in total. The van der Waals surface area contributed by atoms with Crippen LogP contribution in [0.2, 0.25) is 0 Å². The van der Waals surface area contributed by atoms with Crippen molar-refractivity contribution >= 4 is 28.6 Å². The highest BCUT2D eigenvalue weighted by Crippen LogP contribution is 2.35. The molecular formula is C28H40FN3O3S. The number of aliphatic carboxylic acids is 1. The second kappa shape index (κ2) is 13.1. The van der Waals surface area contributed by atoms with Gasteiger partial charge in [-0.05, 0) is 68.7 Å². The Morgan fingerprint density at radius 2 is 2.08 bits per heavy atom. The Morgan fingerprint density at radius 3 is 2.83 bits per heavy atom. The summed E-state index contributed by atoms with van der Waals surface area (Å²) in [5, 5.41) is 11.0. The first kappa shape index (κ1) is 27.1. The Balaban J connectivity index is 1.35. The van der Waals surface area contributed by atoms with E-state index in [0.717, 1.165) is 43.5 Å². The average Bonchev–Trinajstić information content (AvgIpc) is 2.88. The minimum Gasteiger partial charge on any atom is -0.497 e. The number of hydrogen-bond acceptors (Lipinski definition) is 6. The summed E-state index contributed by atoms with van der Waals surface area (Å²) in [6, 6.07) is 4.92. The third-order valence-corrected chi connectivity index (χ3v) is 9.37. The fourth-order valence-electron chi connectivity index (χ4n) is 5.98. The van der Waals surface area contributed by atoms with Crippen molar-refractivity contribution in [1.29, 1.82) is 0 Å². The van der Waals surface area contributed by atoms with Crippen molar-refractivity contribution in [1.82, 2.24) is 9.88 Å². The van der Waals surface area contributed by atoms with Gasteiger partial charge in [-0.3, -0.25) is 9.78 Å². The summed E-state index contributed by atoms with van der Waals surface area (Å²) in [5.41, 5.74) is 7.69. The van der Waals surface area contributed by atoms with E-state index in [0.29, 0.717) is 28.6 Å². The van der Waals surface area contributed by atoms with Gasteiger partial charge in [0, 0.05) is 47.5 Å². The molecule has 3 atom stereocenters. The van der Waals surface area contributed by atoms with Crippen LogP contribution in [0.15, 0.2) is 24.4 Å². The van der Waals surface area contributed by atoms with Crippen LogP contribution in [0.1, 0.15) is 69.4 Å². The third kappa shape index (κ3) is 7.11. The SMILES string of the molecule is COc1ccc2ncc(F)c([C@H](N)CCC3CCN(CCSC4CCCCC4)CC3CC(=O)O)c2c1. The Kier molecular flexibility index (Phi) is 9.85. The van der Waals surface area contributed by atoms with Crippen molar-refractivity contribution in [3.8, 4) is 5.75 Å². The Hall–Kier alpha value is -1.90. The molecule has 1 saturated carbocycles. The molecule has 1 saturated heterocycles. The van der Waals surface area contributed by atoms with E-state index < -0.39 is 17.8 Å². The highest BCUT2D eigenvalue weighted by atomic mass is 32.2. The zero-order valence-electron chi connectivity index (χ0n) is 21.3. The summed E-state index contributed by atoms with van der Waals surface area (Å²) in [6.07, 6.45) is 10.6.